The van der Waals surface area contributed by atoms with E-state index in [4.69, 9.17) is 0 Å². The normalized spacial score (nSPS) is 14.3. The van der Waals surface area contributed by atoms with Crippen LogP contribution in [0.25, 0.3) is 0 Å². The average Bonchev–Trinajstić information content (AvgIpc) is 2.97. The van der Waals surface area contributed by atoms with Crippen LogP contribution >= 0.6 is 11.3 Å². The molecule has 3 rings (SSSR count). The lowest BCUT2D eigenvalue weighted by atomic mass is 10.1. The lowest BCUT2D eigenvalue weighted by Gasteiger charge is -2.36. The molecule has 130 valence electrons. The van der Waals surface area contributed by atoms with Gasteiger partial charge in [-0.1, -0.05) is 12.1 Å². The van der Waals surface area contributed by atoms with Crippen LogP contribution in [-0.2, 0) is 6.54 Å². The number of piperazine rings is 1. The molecule has 25 heavy (non-hydrogen) atoms. The molecule has 0 bridgehead atoms. The van der Waals surface area contributed by atoms with Gasteiger partial charge in [-0.3, -0.25) is 0 Å². The number of nitrogens with zero attached hydrogens (tertiary/aromatic N) is 4. The first-order valence-electron chi connectivity index (χ1n) is 8.28. The predicted molar refractivity (Wildman–Crippen MR) is 98.8 cm³/mol. The smallest absolute Gasteiger partial charge is 0.317 e. The molecule has 1 fully saturated rings. The molecule has 0 radical (unpaired) electrons. The third-order valence-corrected chi connectivity index (χ3v) is 5.40. The number of rotatable bonds is 3. The first kappa shape index (κ1) is 17.2. The van der Waals surface area contributed by atoms with Crippen LogP contribution in [0, 0.1) is 25.2 Å². The number of urea groups is 1. The number of benzene rings is 1. The predicted octanol–water partition coefficient (Wildman–Crippen LogP) is 2.66. The van der Waals surface area contributed by atoms with Gasteiger partial charge in [-0.15, -0.1) is 11.3 Å². The summed E-state index contributed by atoms with van der Waals surface area (Å²) in [5, 5.41) is 13.2. The summed E-state index contributed by atoms with van der Waals surface area (Å²) in [4.78, 5) is 21.9. The van der Waals surface area contributed by atoms with Crippen molar-refractivity contribution in [2.75, 3.05) is 31.1 Å². The maximum atomic E-state index is 12.4. The molecule has 1 aromatic heterocycles. The lowest BCUT2D eigenvalue weighted by Crippen LogP contribution is -2.51. The molecule has 0 spiro atoms. The van der Waals surface area contributed by atoms with Crippen molar-refractivity contribution in [1.82, 2.24) is 15.2 Å². The molecule has 2 amide bonds. The van der Waals surface area contributed by atoms with E-state index in [0.717, 1.165) is 34.4 Å². The van der Waals surface area contributed by atoms with Crippen LogP contribution in [0.4, 0.5) is 10.5 Å². The Balaban J connectivity index is 1.54. The first-order valence-corrected chi connectivity index (χ1v) is 9.10. The monoisotopic (exact) mass is 355 g/mol. The molecule has 1 aliphatic rings. The Morgan fingerprint density at radius 3 is 2.64 bits per heavy atom. The number of carbonyl (C=O) groups is 1. The minimum absolute atomic E-state index is 0.0429. The zero-order chi connectivity index (χ0) is 17.8. The van der Waals surface area contributed by atoms with Gasteiger partial charge in [-0.25, -0.2) is 9.78 Å². The zero-order valence-electron chi connectivity index (χ0n) is 14.5. The largest absolute Gasteiger partial charge is 0.367 e. The number of hydrogen-bond donors (Lipinski definition) is 1. The Bertz CT molecular complexity index is 802. The second-order valence-corrected chi connectivity index (χ2v) is 7.29. The number of carbonyl (C=O) groups excluding carboxylic acids is 1. The summed E-state index contributed by atoms with van der Waals surface area (Å²) < 4.78 is 0. The number of thiazole rings is 1. The Kier molecular flexibility index (Phi) is 5.19. The molecule has 2 aromatic rings. The molecule has 1 aliphatic heterocycles. The quantitative estimate of drug-likeness (QED) is 0.919. The van der Waals surface area contributed by atoms with E-state index in [1.54, 1.807) is 11.3 Å². The third-order valence-electron chi connectivity index (χ3n) is 4.33. The summed E-state index contributed by atoms with van der Waals surface area (Å²) >= 11 is 1.62. The molecule has 1 N–H and O–H groups in total. The van der Waals surface area contributed by atoms with Gasteiger partial charge in [0, 0.05) is 31.1 Å². The van der Waals surface area contributed by atoms with Crippen LogP contribution in [0.2, 0.25) is 0 Å². The highest BCUT2D eigenvalue weighted by Crippen LogP contribution is 2.21. The minimum atomic E-state index is -0.0429. The zero-order valence-corrected chi connectivity index (χ0v) is 15.3. The van der Waals surface area contributed by atoms with Crippen LogP contribution < -0.4 is 10.2 Å². The van der Waals surface area contributed by atoms with Gasteiger partial charge in [0.25, 0.3) is 0 Å². The van der Waals surface area contributed by atoms with Crippen molar-refractivity contribution in [3.8, 4) is 6.07 Å². The maximum Gasteiger partial charge on any atom is 0.317 e. The average molecular weight is 355 g/mol. The topological polar surface area (TPSA) is 72.3 Å². The van der Waals surface area contributed by atoms with E-state index in [1.807, 2.05) is 43.0 Å². The summed E-state index contributed by atoms with van der Waals surface area (Å²) in [6.07, 6.45) is 0. The Labute approximate surface area is 151 Å². The van der Waals surface area contributed by atoms with E-state index in [2.05, 4.69) is 21.3 Å². The van der Waals surface area contributed by atoms with E-state index in [9.17, 15) is 10.1 Å². The number of aryl methyl sites for hydroxylation is 2. The van der Waals surface area contributed by atoms with Crippen molar-refractivity contribution in [1.29, 1.82) is 5.26 Å². The summed E-state index contributed by atoms with van der Waals surface area (Å²) in [5.41, 5.74) is 2.61. The number of hydrogen-bond acceptors (Lipinski definition) is 5. The van der Waals surface area contributed by atoms with Gasteiger partial charge < -0.3 is 15.1 Å². The molecule has 1 saturated heterocycles. The van der Waals surface area contributed by atoms with Crippen LogP contribution in [0.5, 0.6) is 0 Å². The fourth-order valence-corrected chi connectivity index (χ4v) is 3.88. The van der Waals surface area contributed by atoms with Gasteiger partial charge in [0.05, 0.1) is 28.5 Å². The molecule has 0 atom stereocenters. The summed E-state index contributed by atoms with van der Waals surface area (Å²) in [6, 6.07) is 9.79. The Morgan fingerprint density at radius 2 is 2.00 bits per heavy atom. The van der Waals surface area contributed by atoms with Crippen LogP contribution in [-0.4, -0.2) is 42.1 Å². The van der Waals surface area contributed by atoms with E-state index in [-0.39, 0.29) is 6.03 Å². The highest BCUT2D eigenvalue weighted by Gasteiger charge is 2.22. The van der Waals surface area contributed by atoms with Crippen molar-refractivity contribution < 1.29 is 4.79 Å². The molecule has 2 heterocycles. The SMILES string of the molecule is Cc1nc(C)c(CNC(=O)N2CCN(c3ccccc3C#N)CC2)s1. The summed E-state index contributed by atoms with van der Waals surface area (Å²) in [6.45, 7) is 7.21. The van der Waals surface area contributed by atoms with Crippen LogP contribution in [0.1, 0.15) is 21.1 Å². The maximum absolute atomic E-state index is 12.4. The van der Waals surface area contributed by atoms with Crippen molar-refractivity contribution >= 4 is 23.1 Å². The molecule has 0 saturated carbocycles. The van der Waals surface area contributed by atoms with Crippen LogP contribution in [0.15, 0.2) is 24.3 Å². The second kappa shape index (κ2) is 7.53. The number of nitrogens with one attached hydrogen (secondary N) is 1. The van der Waals surface area contributed by atoms with Crippen molar-refractivity contribution in [2.45, 2.75) is 20.4 Å². The van der Waals surface area contributed by atoms with Gasteiger partial charge in [-0.05, 0) is 26.0 Å². The molecule has 0 aliphatic carbocycles. The summed E-state index contributed by atoms with van der Waals surface area (Å²) in [7, 11) is 0. The number of amides is 2. The molecular weight excluding hydrogens is 334 g/mol. The molecule has 0 unspecified atom stereocenters. The Morgan fingerprint density at radius 1 is 1.28 bits per heavy atom. The number of aromatic nitrogens is 1. The standard InChI is InChI=1S/C18H21N5OS/c1-13-17(25-14(2)21-13)12-20-18(24)23-9-7-22(8-10-23)16-6-4-3-5-15(16)11-19/h3-6H,7-10,12H2,1-2H3,(H,20,24). The van der Waals surface area contributed by atoms with Gasteiger partial charge in [0.1, 0.15) is 6.07 Å². The molecule has 1 aromatic carbocycles. The lowest BCUT2D eigenvalue weighted by molar-refractivity contribution is 0.194. The molecule has 6 nitrogen and oxygen atoms in total. The van der Waals surface area contributed by atoms with Crippen molar-refractivity contribution in [3.63, 3.8) is 0 Å². The molecular formula is C18H21N5OS. The van der Waals surface area contributed by atoms with Gasteiger partial charge in [0.15, 0.2) is 0 Å². The number of para-hydroxylation sites is 1. The van der Waals surface area contributed by atoms with E-state index < -0.39 is 0 Å². The Hall–Kier alpha value is -2.59. The first-order chi connectivity index (χ1) is 12.1. The number of nitriles is 1. The summed E-state index contributed by atoms with van der Waals surface area (Å²) in [5.74, 6) is 0. The fourth-order valence-electron chi connectivity index (χ4n) is 3.00. The van der Waals surface area contributed by atoms with Crippen LogP contribution in [0.3, 0.4) is 0 Å². The highest BCUT2D eigenvalue weighted by atomic mass is 32.1. The van der Waals surface area contributed by atoms with Gasteiger partial charge >= 0.3 is 6.03 Å². The van der Waals surface area contributed by atoms with E-state index >= 15 is 0 Å². The van der Waals surface area contributed by atoms with Crippen molar-refractivity contribution in [2.24, 2.45) is 0 Å². The van der Waals surface area contributed by atoms with Gasteiger partial charge in [-0.2, -0.15) is 5.26 Å². The number of anilines is 1. The highest BCUT2D eigenvalue weighted by molar-refractivity contribution is 7.11. The fraction of sp³-hybridized carbons (Fsp3) is 0.389. The second-order valence-electron chi connectivity index (χ2n) is 6.00. The van der Waals surface area contributed by atoms with E-state index in [1.165, 1.54) is 0 Å². The van der Waals surface area contributed by atoms with Crippen molar-refractivity contribution in [3.05, 3.63) is 45.4 Å². The molecule has 7 heteroatoms. The third kappa shape index (κ3) is 3.91. The minimum Gasteiger partial charge on any atom is -0.367 e. The van der Waals surface area contributed by atoms with Gasteiger partial charge in [0.2, 0.25) is 0 Å². The van der Waals surface area contributed by atoms with E-state index in [0.29, 0.717) is 25.2 Å².